The third-order valence-corrected chi connectivity index (χ3v) is 3.29. The van der Waals surface area contributed by atoms with Gasteiger partial charge in [0.25, 0.3) is 5.56 Å². The first-order chi connectivity index (χ1) is 9.24. The minimum Gasteiger partial charge on any atom is -0.329 e. The molecule has 0 aliphatic carbocycles. The summed E-state index contributed by atoms with van der Waals surface area (Å²) in [4.78, 5) is 25.9. The predicted molar refractivity (Wildman–Crippen MR) is 77.6 cm³/mol. The molecule has 1 heterocycles. The van der Waals surface area contributed by atoms with Gasteiger partial charge in [0.2, 0.25) is 0 Å². The zero-order valence-corrected chi connectivity index (χ0v) is 10.1. The summed E-state index contributed by atoms with van der Waals surface area (Å²) in [5.41, 5.74) is 1.35. The van der Waals surface area contributed by atoms with Crippen LogP contribution in [0.3, 0.4) is 0 Å². The molecule has 0 saturated heterocycles. The largest absolute Gasteiger partial charge is 0.329 e. The van der Waals surface area contributed by atoms with Crippen molar-refractivity contribution >= 4 is 33.9 Å². The summed E-state index contributed by atoms with van der Waals surface area (Å²) < 4.78 is 0. The third-order valence-electron chi connectivity index (χ3n) is 3.29. The maximum atomic E-state index is 12.0. The van der Waals surface area contributed by atoms with Crippen LogP contribution >= 0.6 is 0 Å². The summed E-state index contributed by atoms with van der Waals surface area (Å²) in [5, 5.41) is 2.93. The van der Waals surface area contributed by atoms with Crippen LogP contribution in [-0.4, -0.2) is 11.3 Å². The number of carbonyl (C=O) groups is 1. The lowest BCUT2D eigenvalue weighted by Gasteiger charge is -2.07. The second-order valence-corrected chi connectivity index (χ2v) is 4.36. The van der Waals surface area contributed by atoms with Crippen molar-refractivity contribution < 1.29 is 4.79 Å². The molecule has 0 amide bonds. The number of aldehydes is 1. The van der Waals surface area contributed by atoms with E-state index in [0.29, 0.717) is 10.9 Å². The van der Waals surface area contributed by atoms with Gasteiger partial charge in [0.05, 0.1) is 5.39 Å². The van der Waals surface area contributed by atoms with E-state index in [0.717, 1.165) is 28.0 Å². The molecule has 0 aliphatic heterocycles. The number of carbonyl (C=O) groups excluding carboxylic acids is 1. The zero-order valence-electron chi connectivity index (χ0n) is 10.1. The zero-order chi connectivity index (χ0) is 13.4. The first-order valence-corrected chi connectivity index (χ1v) is 5.90. The van der Waals surface area contributed by atoms with E-state index in [-0.39, 0.29) is 5.56 Å². The minimum absolute atomic E-state index is 0.152. The maximum Gasteiger partial charge on any atom is 0.256 e. The van der Waals surface area contributed by atoms with Gasteiger partial charge in [-0.2, -0.15) is 0 Å². The van der Waals surface area contributed by atoms with Gasteiger partial charge in [0.1, 0.15) is 0 Å². The first kappa shape index (κ1) is 11.4. The topological polar surface area (TPSA) is 49.9 Å². The molecule has 0 aliphatic rings. The lowest BCUT2D eigenvalue weighted by Crippen LogP contribution is -2.05. The second kappa shape index (κ2) is 4.21. The van der Waals surface area contributed by atoms with Crippen LogP contribution in [0.25, 0.3) is 27.6 Å². The van der Waals surface area contributed by atoms with Gasteiger partial charge < -0.3 is 4.98 Å². The summed E-state index contributed by atoms with van der Waals surface area (Å²) in [6.45, 7) is 3.73. The van der Waals surface area contributed by atoms with Crippen LogP contribution < -0.4 is 5.56 Å². The van der Waals surface area contributed by atoms with Gasteiger partial charge in [-0.15, -0.1) is 0 Å². The molecule has 3 rings (SSSR count). The molecule has 0 fully saturated rings. The Bertz CT molecular complexity index is 875. The standard InChI is InChI=1S/C16H11NO2/c1-2-10-3-4-13-12(9-18)8-11-5-6-17-16(19)15(11)14(13)7-10/h2-9H,1H2,(H,17,19). The molecule has 0 bridgehead atoms. The normalized spacial score (nSPS) is 10.7. The molecule has 0 atom stereocenters. The summed E-state index contributed by atoms with van der Waals surface area (Å²) in [6.07, 6.45) is 4.12. The highest BCUT2D eigenvalue weighted by Gasteiger charge is 2.09. The Balaban J connectivity index is 2.65. The Labute approximate surface area is 109 Å². The Morgan fingerprint density at radius 3 is 2.68 bits per heavy atom. The number of hydrogen-bond donors (Lipinski definition) is 1. The number of H-pyrrole nitrogens is 1. The van der Waals surface area contributed by atoms with Gasteiger partial charge in [-0.25, -0.2) is 0 Å². The number of hydrogen-bond acceptors (Lipinski definition) is 2. The Morgan fingerprint density at radius 2 is 1.95 bits per heavy atom. The van der Waals surface area contributed by atoms with Crippen molar-refractivity contribution in [2.24, 2.45) is 0 Å². The predicted octanol–water partition coefficient (Wildman–Crippen LogP) is 3.14. The Kier molecular flexibility index (Phi) is 2.53. The fourth-order valence-electron chi connectivity index (χ4n) is 2.38. The van der Waals surface area contributed by atoms with E-state index >= 15 is 0 Å². The fraction of sp³-hybridized carbons (Fsp3) is 0. The van der Waals surface area contributed by atoms with Crippen molar-refractivity contribution in [1.82, 2.24) is 4.98 Å². The van der Waals surface area contributed by atoms with Crippen molar-refractivity contribution in [1.29, 1.82) is 0 Å². The van der Waals surface area contributed by atoms with Gasteiger partial charge >= 0.3 is 0 Å². The highest BCUT2D eigenvalue weighted by molar-refractivity contribution is 6.13. The molecule has 2 aromatic carbocycles. The van der Waals surface area contributed by atoms with Crippen molar-refractivity contribution in [3.05, 3.63) is 64.6 Å². The van der Waals surface area contributed by atoms with Gasteiger partial charge in [0, 0.05) is 11.8 Å². The van der Waals surface area contributed by atoms with Crippen molar-refractivity contribution in [2.45, 2.75) is 0 Å². The van der Waals surface area contributed by atoms with Crippen LogP contribution in [0, 0.1) is 0 Å². The second-order valence-electron chi connectivity index (χ2n) is 4.36. The van der Waals surface area contributed by atoms with E-state index in [9.17, 15) is 9.59 Å². The maximum absolute atomic E-state index is 12.0. The molecule has 0 spiro atoms. The lowest BCUT2D eigenvalue weighted by molar-refractivity contribution is 0.112. The van der Waals surface area contributed by atoms with Crippen molar-refractivity contribution in [3.8, 4) is 0 Å². The van der Waals surface area contributed by atoms with Gasteiger partial charge in [-0.1, -0.05) is 24.8 Å². The molecule has 3 heteroatoms. The van der Waals surface area contributed by atoms with E-state index in [2.05, 4.69) is 11.6 Å². The van der Waals surface area contributed by atoms with Crippen LogP contribution in [0.1, 0.15) is 15.9 Å². The molecular weight excluding hydrogens is 238 g/mol. The fourth-order valence-corrected chi connectivity index (χ4v) is 2.38. The summed E-state index contributed by atoms with van der Waals surface area (Å²) >= 11 is 0. The van der Waals surface area contributed by atoms with Crippen LogP contribution in [0.5, 0.6) is 0 Å². The van der Waals surface area contributed by atoms with E-state index in [1.54, 1.807) is 24.4 Å². The number of aromatic nitrogens is 1. The SMILES string of the molecule is C=Cc1ccc2c(C=O)cc3cc[nH]c(=O)c3c2c1. The highest BCUT2D eigenvalue weighted by Crippen LogP contribution is 2.26. The number of pyridine rings is 1. The van der Waals surface area contributed by atoms with Gasteiger partial charge in [-0.3, -0.25) is 9.59 Å². The van der Waals surface area contributed by atoms with Gasteiger partial charge in [-0.05, 0) is 39.9 Å². The van der Waals surface area contributed by atoms with Crippen LogP contribution in [-0.2, 0) is 0 Å². The van der Waals surface area contributed by atoms with Crippen molar-refractivity contribution in [2.75, 3.05) is 0 Å². The smallest absolute Gasteiger partial charge is 0.256 e. The molecule has 1 N–H and O–H groups in total. The number of nitrogens with one attached hydrogen (secondary N) is 1. The lowest BCUT2D eigenvalue weighted by atomic mass is 9.97. The van der Waals surface area contributed by atoms with Crippen LogP contribution in [0.4, 0.5) is 0 Å². The van der Waals surface area contributed by atoms with E-state index in [1.165, 1.54) is 0 Å². The number of benzene rings is 2. The molecule has 1 aromatic heterocycles. The highest BCUT2D eigenvalue weighted by atomic mass is 16.1. The van der Waals surface area contributed by atoms with E-state index in [4.69, 9.17) is 0 Å². The van der Waals surface area contributed by atoms with Crippen molar-refractivity contribution in [3.63, 3.8) is 0 Å². The monoisotopic (exact) mass is 249 g/mol. The number of fused-ring (bicyclic) bond motifs is 3. The molecule has 92 valence electrons. The molecule has 3 aromatic rings. The third kappa shape index (κ3) is 1.67. The summed E-state index contributed by atoms with van der Waals surface area (Å²) in [5.74, 6) is 0. The van der Waals surface area contributed by atoms with E-state index in [1.807, 2.05) is 18.2 Å². The Morgan fingerprint density at radius 1 is 1.11 bits per heavy atom. The molecular formula is C16H11NO2. The van der Waals surface area contributed by atoms with Crippen LogP contribution in [0.15, 0.2) is 47.9 Å². The first-order valence-electron chi connectivity index (χ1n) is 5.90. The minimum atomic E-state index is -0.152. The molecule has 0 saturated carbocycles. The average molecular weight is 249 g/mol. The number of aromatic amines is 1. The average Bonchev–Trinajstić information content (AvgIpc) is 2.45. The molecule has 0 unspecified atom stereocenters. The van der Waals surface area contributed by atoms with E-state index < -0.39 is 0 Å². The van der Waals surface area contributed by atoms with Crippen LogP contribution in [0.2, 0.25) is 0 Å². The molecule has 0 radical (unpaired) electrons. The molecule has 3 nitrogen and oxygen atoms in total. The summed E-state index contributed by atoms with van der Waals surface area (Å²) in [6, 6.07) is 9.15. The number of rotatable bonds is 2. The summed E-state index contributed by atoms with van der Waals surface area (Å²) in [7, 11) is 0. The quantitative estimate of drug-likeness (QED) is 0.560. The van der Waals surface area contributed by atoms with Gasteiger partial charge in [0.15, 0.2) is 6.29 Å². The Hall–Kier alpha value is -2.68. The molecule has 19 heavy (non-hydrogen) atoms.